The topological polar surface area (TPSA) is 88.2 Å². The molecule has 0 spiro atoms. The maximum atomic E-state index is 12.4. The van der Waals surface area contributed by atoms with Gasteiger partial charge in [0.1, 0.15) is 11.9 Å². The van der Waals surface area contributed by atoms with Crippen molar-refractivity contribution >= 4 is 17.7 Å². The van der Waals surface area contributed by atoms with Crippen molar-refractivity contribution in [2.45, 2.75) is 25.9 Å². The fraction of sp³-hybridized carbons (Fsp3) is 0.550. The molecule has 1 N–H and O–H groups in total. The molecule has 8 heteroatoms. The summed E-state index contributed by atoms with van der Waals surface area (Å²) in [5.74, 6) is 0.269. The van der Waals surface area contributed by atoms with E-state index in [-0.39, 0.29) is 30.4 Å². The SMILES string of the molecule is CCOc1ccc(C(=O)NCC(=O)N2CCN(C(=O)C3CCCO3)CC2)cc1. The lowest BCUT2D eigenvalue weighted by Crippen LogP contribution is -2.54. The summed E-state index contributed by atoms with van der Waals surface area (Å²) in [4.78, 5) is 40.4. The van der Waals surface area contributed by atoms with Crippen molar-refractivity contribution in [3.63, 3.8) is 0 Å². The predicted molar refractivity (Wildman–Crippen MR) is 102 cm³/mol. The largest absolute Gasteiger partial charge is 0.494 e. The molecule has 8 nitrogen and oxygen atoms in total. The van der Waals surface area contributed by atoms with Crippen LogP contribution in [-0.2, 0) is 14.3 Å². The Morgan fingerprint density at radius 1 is 1.11 bits per heavy atom. The van der Waals surface area contributed by atoms with Gasteiger partial charge < -0.3 is 24.6 Å². The monoisotopic (exact) mass is 389 g/mol. The van der Waals surface area contributed by atoms with E-state index in [1.54, 1.807) is 34.1 Å². The van der Waals surface area contributed by atoms with Gasteiger partial charge in [0.25, 0.3) is 11.8 Å². The van der Waals surface area contributed by atoms with Crippen molar-refractivity contribution in [1.29, 1.82) is 0 Å². The number of piperazine rings is 1. The maximum absolute atomic E-state index is 12.4. The predicted octanol–water partition coefficient (Wildman–Crippen LogP) is 0.665. The molecule has 2 fully saturated rings. The molecule has 0 radical (unpaired) electrons. The third-order valence-corrected chi connectivity index (χ3v) is 4.98. The molecule has 152 valence electrons. The highest BCUT2D eigenvalue weighted by atomic mass is 16.5. The molecule has 2 aliphatic rings. The van der Waals surface area contributed by atoms with E-state index in [0.29, 0.717) is 50.7 Å². The second-order valence-electron chi connectivity index (χ2n) is 6.85. The number of hydrogen-bond acceptors (Lipinski definition) is 5. The molecular weight excluding hydrogens is 362 g/mol. The summed E-state index contributed by atoms with van der Waals surface area (Å²) in [6, 6.07) is 6.79. The zero-order chi connectivity index (χ0) is 19.9. The number of carbonyl (C=O) groups is 3. The van der Waals surface area contributed by atoms with E-state index in [1.165, 1.54) is 0 Å². The molecule has 2 heterocycles. The number of ether oxygens (including phenoxy) is 2. The number of amides is 3. The highest BCUT2D eigenvalue weighted by Gasteiger charge is 2.31. The Morgan fingerprint density at radius 2 is 1.79 bits per heavy atom. The van der Waals surface area contributed by atoms with Gasteiger partial charge in [0.05, 0.1) is 13.2 Å². The first-order valence-corrected chi connectivity index (χ1v) is 9.77. The molecule has 0 aromatic heterocycles. The summed E-state index contributed by atoms with van der Waals surface area (Å²) < 4.78 is 10.8. The van der Waals surface area contributed by atoms with Gasteiger partial charge in [-0.25, -0.2) is 0 Å². The van der Waals surface area contributed by atoms with Crippen molar-refractivity contribution in [2.75, 3.05) is 45.9 Å². The second kappa shape index (κ2) is 9.54. The van der Waals surface area contributed by atoms with Crippen molar-refractivity contribution in [3.8, 4) is 5.75 Å². The zero-order valence-electron chi connectivity index (χ0n) is 16.2. The Balaban J connectivity index is 1.41. The molecule has 1 unspecified atom stereocenters. The summed E-state index contributed by atoms with van der Waals surface area (Å²) in [6.45, 7) is 4.96. The fourth-order valence-electron chi connectivity index (χ4n) is 3.39. The van der Waals surface area contributed by atoms with Crippen molar-refractivity contribution in [1.82, 2.24) is 15.1 Å². The summed E-state index contributed by atoms with van der Waals surface area (Å²) in [6.07, 6.45) is 1.37. The van der Waals surface area contributed by atoms with Crippen LogP contribution in [0.3, 0.4) is 0 Å². The Bertz CT molecular complexity index is 692. The summed E-state index contributed by atoms with van der Waals surface area (Å²) in [5.41, 5.74) is 0.475. The Hall–Kier alpha value is -2.61. The number of carbonyl (C=O) groups excluding carboxylic acids is 3. The van der Waals surface area contributed by atoms with E-state index in [0.717, 1.165) is 12.8 Å². The van der Waals surface area contributed by atoms with Gasteiger partial charge in [0.2, 0.25) is 5.91 Å². The normalized spacial score (nSPS) is 19.4. The van der Waals surface area contributed by atoms with Crippen LogP contribution in [0.4, 0.5) is 0 Å². The first-order valence-electron chi connectivity index (χ1n) is 9.77. The zero-order valence-corrected chi connectivity index (χ0v) is 16.2. The minimum Gasteiger partial charge on any atom is -0.494 e. The van der Waals surface area contributed by atoms with Crippen LogP contribution in [0, 0.1) is 0 Å². The maximum Gasteiger partial charge on any atom is 0.251 e. The molecule has 3 rings (SSSR count). The van der Waals surface area contributed by atoms with E-state index >= 15 is 0 Å². The Kier molecular flexibility index (Phi) is 6.86. The molecule has 3 amide bonds. The molecule has 1 aromatic carbocycles. The van der Waals surface area contributed by atoms with Crippen LogP contribution in [0.15, 0.2) is 24.3 Å². The first-order chi connectivity index (χ1) is 13.6. The number of hydrogen-bond donors (Lipinski definition) is 1. The van der Waals surface area contributed by atoms with Gasteiger partial charge in [-0.3, -0.25) is 14.4 Å². The summed E-state index contributed by atoms with van der Waals surface area (Å²) in [7, 11) is 0. The fourth-order valence-corrected chi connectivity index (χ4v) is 3.39. The second-order valence-corrected chi connectivity index (χ2v) is 6.85. The van der Waals surface area contributed by atoms with E-state index in [9.17, 15) is 14.4 Å². The van der Waals surface area contributed by atoms with Crippen molar-refractivity contribution < 1.29 is 23.9 Å². The van der Waals surface area contributed by atoms with Gasteiger partial charge in [-0.2, -0.15) is 0 Å². The molecule has 2 aliphatic heterocycles. The van der Waals surface area contributed by atoms with E-state index in [4.69, 9.17) is 9.47 Å². The number of nitrogens with zero attached hydrogens (tertiary/aromatic N) is 2. The average Bonchev–Trinajstić information content (AvgIpc) is 3.27. The molecule has 1 atom stereocenters. The van der Waals surface area contributed by atoms with Crippen LogP contribution in [0.5, 0.6) is 5.75 Å². The lowest BCUT2D eigenvalue weighted by molar-refractivity contribution is -0.145. The Morgan fingerprint density at radius 3 is 2.39 bits per heavy atom. The van der Waals surface area contributed by atoms with Crippen molar-refractivity contribution in [2.24, 2.45) is 0 Å². The van der Waals surface area contributed by atoms with Gasteiger partial charge >= 0.3 is 0 Å². The highest BCUT2D eigenvalue weighted by molar-refractivity contribution is 5.96. The van der Waals surface area contributed by atoms with Crippen LogP contribution in [-0.4, -0.2) is 79.6 Å². The third kappa shape index (κ3) is 5.01. The average molecular weight is 389 g/mol. The van der Waals surface area contributed by atoms with Crippen LogP contribution in [0.25, 0.3) is 0 Å². The third-order valence-electron chi connectivity index (χ3n) is 4.98. The smallest absolute Gasteiger partial charge is 0.251 e. The molecule has 0 saturated carbocycles. The number of nitrogens with one attached hydrogen (secondary N) is 1. The Labute approximate surface area is 164 Å². The molecule has 2 saturated heterocycles. The summed E-state index contributed by atoms with van der Waals surface area (Å²) >= 11 is 0. The molecular formula is C20H27N3O5. The van der Waals surface area contributed by atoms with E-state index in [1.807, 2.05) is 6.92 Å². The minimum atomic E-state index is -0.323. The van der Waals surface area contributed by atoms with Crippen LogP contribution in [0.2, 0.25) is 0 Å². The van der Waals surface area contributed by atoms with Crippen LogP contribution in [0.1, 0.15) is 30.1 Å². The molecule has 28 heavy (non-hydrogen) atoms. The van der Waals surface area contributed by atoms with Gasteiger partial charge in [0.15, 0.2) is 0 Å². The number of benzene rings is 1. The van der Waals surface area contributed by atoms with E-state index < -0.39 is 0 Å². The van der Waals surface area contributed by atoms with Gasteiger partial charge in [-0.15, -0.1) is 0 Å². The lowest BCUT2D eigenvalue weighted by atomic mass is 10.2. The number of rotatable bonds is 6. The van der Waals surface area contributed by atoms with Gasteiger partial charge in [-0.05, 0) is 44.0 Å². The quantitative estimate of drug-likeness (QED) is 0.772. The lowest BCUT2D eigenvalue weighted by Gasteiger charge is -2.35. The van der Waals surface area contributed by atoms with Gasteiger partial charge in [0, 0.05) is 38.3 Å². The first kappa shape index (κ1) is 20.1. The standard InChI is InChI=1S/C20H27N3O5/c1-2-27-16-7-5-15(6-8-16)19(25)21-14-18(24)22-9-11-23(12-10-22)20(26)17-4-3-13-28-17/h5-8,17H,2-4,9-14H2,1H3,(H,21,25). The van der Waals surface area contributed by atoms with Gasteiger partial charge in [-0.1, -0.05) is 0 Å². The molecule has 0 bridgehead atoms. The highest BCUT2D eigenvalue weighted by Crippen LogP contribution is 2.16. The van der Waals surface area contributed by atoms with Crippen LogP contribution >= 0.6 is 0 Å². The molecule has 1 aromatic rings. The van der Waals surface area contributed by atoms with Crippen molar-refractivity contribution in [3.05, 3.63) is 29.8 Å². The minimum absolute atomic E-state index is 0.0217. The van der Waals surface area contributed by atoms with Crippen LogP contribution < -0.4 is 10.1 Å². The summed E-state index contributed by atoms with van der Waals surface area (Å²) in [5, 5.41) is 2.65. The molecule has 0 aliphatic carbocycles. The van der Waals surface area contributed by atoms with E-state index in [2.05, 4.69) is 5.32 Å².